The monoisotopic (exact) mass is 276 g/mol. The molecule has 20 heavy (non-hydrogen) atoms. The summed E-state index contributed by atoms with van der Waals surface area (Å²) in [6.45, 7) is 3.68. The van der Waals surface area contributed by atoms with E-state index in [0.29, 0.717) is 17.8 Å². The van der Waals surface area contributed by atoms with Crippen LogP contribution in [0.4, 0.5) is 5.69 Å². The first-order chi connectivity index (χ1) is 9.58. The zero-order valence-corrected chi connectivity index (χ0v) is 11.4. The van der Waals surface area contributed by atoms with Crippen molar-refractivity contribution in [2.45, 2.75) is 33.3 Å². The Kier molecular flexibility index (Phi) is 4.09. The first kappa shape index (κ1) is 14.1. The Morgan fingerprint density at radius 3 is 2.80 bits per heavy atom. The summed E-state index contributed by atoms with van der Waals surface area (Å²) >= 11 is 0. The smallest absolute Gasteiger partial charge is 0.271 e. The summed E-state index contributed by atoms with van der Waals surface area (Å²) in [5.41, 5.74) is 2.79. The first-order valence-corrected chi connectivity index (χ1v) is 6.38. The number of aliphatic hydroxyl groups is 1. The van der Waals surface area contributed by atoms with E-state index >= 15 is 0 Å². The number of nitro benzene ring substituents is 1. The van der Waals surface area contributed by atoms with Gasteiger partial charge in [-0.25, -0.2) is 4.68 Å². The van der Waals surface area contributed by atoms with Gasteiger partial charge in [0.1, 0.15) is 5.69 Å². The largest absolute Gasteiger partial charge is 0.390 e. The molecule has 2 rings (SSSR count). The highest BCUT2D eigenvalue weighted by atomic mass is 16.6. The molecule has 0 bridgehead atoms. The fraction of sp³-hybridized carbons (Fsp3) is 0.385. The molecule has 106 valence electrons. The molecule has 0 radical (unpaired) electrons. The molecule has 0 saturated carbocycles. The van der Waals surface area contributed by atoms with E-state index < -0.39 is 4.92 Å². The molecule has 0 unspecified atom stereocenters. The average Bonchev–Trinajstić information content (AvgIpc) is 2.82. The zero-order chi connectivity index (χ0) is 14.7. The van der Waals surface area contributed by atoms with Crippen LogP contribution < -0.4 is 0 Å². The van der Waals surface area contributed by atoms with Crippen molar-refractivity contribution < 1.29 is 10.0 Å². The number of nitrogens with zero attached hydrogens (tertiary/aromatic N) is 4. The van der Waals surface area contributed by atoms with E-state index in [4.69, 9.17) is 0 Å². The van der Waals surface area contributed by atoms with Crippen LogP contribution in [0.3, 0.4) is 0 Å². The third kappa shape index (κ3) is 2.53. The van der Waals surface area contributed by atoms with Gasteiger partial charge in [-0.2, -0.15) is 0 Å². The fourth-order valence-electron chi connectivity index (χ4n) is 2.08. The number of non-ortho nitro benzene ring substituents is 1. The maximum absolute atomic E-state index is 10.9. The Morgan fingerprint density at radius 2 is 2.20 bits per heavy atom. The van der Waals surface area contributed by atoms with Gasteiger partial charge in [0, 0.05) is 12.1 Å². The van der Waals surface area contributed by atoms with Crippen molar-refractivity contribution in [2.24, 2.45) is 0 Å². The predicted octanol–water partition coefficient (Wildman–Crippen LogP) is 1.93. The van der Waals surface area contributed by atoms with Gasteiger partial charge in [0.2, 0.25) is 0 Å². The fourth-order valence-corrected chi connectivity index (χ4v) is 2.08. The topological polar surface area (TPSA) is 94.1 Å². The number of aliphatic hydroxyl groups excluding tert-OH is 1. The van der Waals surface area contributed by atoms with E-state index in [-0.39, 0.29) is 12.3 Å². The second-order valence-electron chi connectivity index (χ2n) is 4.53. The van der Waals surface area contributed by atoms with Crippen molar-refractivity contribution in [1.82, 2.24) is 15.0 Å². The predicted molar refractivity (Wildman–Crippen MR) is 72.7 cm³/mol. The van der Waals surface area contributed by atoms with Gasteiger partial charge in [0.05, 0.1) is 22.9 Å². The highest BCUT2D eigenvalue weighted by molar-refractivity contribution is 5.49. The van der Waals surface area contributed by atoms with E-state index in [9.17, 15) is 15.2 Å². The molecule has 0 aliphatic carbocycles. The lowest BCUT2D eigenvalue weighted by atomic mass is 10.1. The SMILES string of the molecule is CCCc1c(CO)nnn1-c1cc([N+](=O)[O-])ccc1C. The summed E-state index contributed by atoms with van der Waals surface area (Å²) in [5.74, 6) is 0. The van der Waals surface area contributed by atoms with Crippen LogP contribution in [0.5, 0.6) is 0 Å². The molecule has 0 saturated heterocycles. The Labute approximate surface area is 116 Å². The van der Waals surface area contributed by atoms with Gasteiger partial charge in [-0.1, -0.05) is 24.6 Å². The van der Waals surface area contributed by atoms with Gasteiger partial charge >= 0.3 is 0 Å². The van der Waals surface area contributed by atoms with Crippen LogP contribution in [0.15, 0.2) is 18.2 Å². The second kappa shape index (κ2) is 5.79. The van der Waals surface area contributed by atoms with Crippen molar-refractivity contribution in [3.63, 3.8) is 0 Å². The molecular weight excluding hydrogens is 260 g/mol. The van der Waals surface area contributed by atoms with Crippen molar-refractivity contribution in [2.75, 3.05) is 0 Å². The number of rotatable bonds is 5. The number of aromatic nitrogens is 3. The van der Waals surface area contributed by atoms with Gasteiger partial charge < -0.3 is 5.11 Å². The second-order valence-corrected chi connectivity index (χ2v) is 4.53. The Hall–Kier alpha value is -2.28. The summed E-state index contributed by atoms with van der Waals surface area (Å²) in [6.07, 6.45) is 1.57. The molecule has 0 amide bonds. The minimum absolute atomic E-state index is 0.00842. The van der Waals surface area contributed by atoms with Crippen molar-refractivity contribution in [3.05, 3.63) is 45.3 Å². The number of hydrogen-bond donors (Lipinski definition) is 1. The van der Waals surface area contributed by atoms with Gasteiger partial charge in [-0.3, -0.25) is 10.1 Å². The lowest BCUT2D eigenvalue weighted by Crippen LogP contribution is -2.06. The lowest BCUT2D eigenvalue weighted by Gasteiger charge is -2.09. The molecule has 0 aliphatic heterocycles. The quantitative estimate of drug-likeness (QED) is 0.665. The van der Waals surface area contributed by atoms with E-state index in [1.807, 2.05) is 13.8 Å². The molecule has 1 heterocycles. The van der Waals surface area contributed by atoms with Crippen LogP contribution in [-0.4, -0.2) is 25.0 Å². The number of aryl methyl sites for hydroxylation is 1. The molecule has 0 aliphatic rings. The minimum Gasteiger partial charge on any atom is -0.390 e. The molecule has 2 aromatic rings. The number of nitro groups is 1. The standard InChI is InChI=1S/C13H16N4O3/c1-3-4-12-11(8-18)14-15-16(12)13-7-10(17(19)20)6-5-9(13)2/h5-7,18H,3-4,8H2,1-2H3. The zero-order valence-electron chi connectivity index (χ0n) is 11.4. The maximum Gasteiger partial charge on any atom is 0.271 e. The first-order valence-electron chi connectivity index (χ1n) is 6.38. The summed E-state index contributed by atoms with van der Waals surface area (Å²) in [7, 11) is 0. The highest BCUT2D eigenvalue weighted by Gasteiger charge is 2.17. The van der Waals surface area contributed by atoms with Crippen LogP contribution in [0, 0.1) is 17.0 Å². The van der Waals surface area contributed by atoms with E-state index in [1.165, 1.54) is 12.1 Å². The van der Waals surface area contributed by atoms with Crippen molar-refractivity contribution >= 4 is 5.69 Å². The third-order valence-corrected chi connectivity index (χ3v) is 3.11. The van der Waals surface area contributed by atoms with E-state index in [2.05, 4.69) is 10.3 Å². The molecular formula is C13H16N4O3. The molecule has 1 N–H and O–H groups in total. The van der Waals surface area contributed by atoms with Crippen LogP contribution in [0.25, 0.3) is 5.69 Å². The summed E-state index contributed by atoms with van der Waals surface area (Å²) in [4.78, 5) is 10.4. The number of hydrogen-bond acceptors (Lipinski definition) is 5. The minimum atomic E-state index is -0.438. The van der Waals surface area contributed by atoms with Crippen molar-refractivity contribution in [3.8, 4) is 5.69 Å². The maximum atomic E-state index is 10.9. The summed E-state index contributed by atoms with van der Waals surface area (Å²) in [6, 6.07) is 4.62. The summed E-state index contributed by atoms with van der Waals surface area (Å²) in [5, 5.41) is 28.1. The molecule has 0 fully saturated rings. The van der Waals surface area contributed by atoms with Gasteiger partial charge in [-0.05, 0) is 18.9 Å². The van der Waals surface area contributed by atoms with Gasteiger partial charge in [-0.15, -0.1) is 5.10 Å². The van der Waals surface area contributed by atoms with E-state index in [0.717, 1.165) is 17.7 Å². The van der Waals surface area contributed by atoms with E-state index in [1.54, 1.807) is 10.7 Å². The molecule has 0 spiro atoms. The Balaban J connectivity index is 2.58. The number of benzene rings is 1. The Bertz CT molecular complexity index is 637. The van der Waals surface area contributed by atoms with Crippen LogP contribution in [-0.2, 0) is 13.0 Å². The highest BCUT2D eigenvalue weighted by Crippen LogP contribution is 2.23. The van der Waals surface area contributed by atoms with Crippen LogP contribution in [0.2, 0.25) is 0 Å². The molecule has 7 heteroatoms. The van der Waals surface area contributed by atoms with Gasteiger partial charge in [0.15, 0.2) is 0 Å². The molecule has 7 nitrogen and oxygen atoms in total. The Morgan fingerprint density at radius 1 is 1.45 bits per heavy atom. The molecule has 1 aromatic heterocycles. The average molecular weight is 276 g/mol. The van der Waals surface area contributed by atoms with Crippen LogP contribution in [0.1, 0.15) is 30.3 Å². The van der Waals surface area contributed by atoms with Crippen LogP contribution >= 0.6 is 0 Å². The lowest BCUT2D eigenvalue weighted by molar-refractivity contribution is -0.384. The normalized spacial score (nSPS) is 10.8. The van der Waals surface area contributed by atoms with Gasteiger partial charge in [0.25, 0.3) is 5.69 Å². The van der Waals surface area contributed by atoms with Crippen molar-refractivity contribution in [1.29, 1.82) is 0 Å². The third-order valence-electron chi connectivity index (χ3n) is 3.11. The molecule has 0 atom stereocenters. The molecule has 1 aromatic carbocycles. The summed E-state index contributed by atoms with van der Waals surface area (Å²) < 4.78 is 1.58.